The zero-order chi connectivity index (χ0) is 23.0. The van der Waals surface area contributed by atoms with Gasteiger partial charge in [0.2, 0.25) is 0 Å². The summed E-state index contributed by atoms with van der Waals surface area (Å²) in [5.41, 5.74) is 3.01. The number of sulfonamides is 1. The number of nitrogens with zero attached hydrogens (tertiary/aromatic N) is 2. The van der Waals surface area contributed by atoms with Crippen LogP contribution < -0.4 is 10.2 Å². The van der Waals surface area contributed by atoms with Gasteiger partial charge in [0.15, 0.2) is 4.32 Å². The number of thiocarbonyl (C=S) groups is 1. The highest BCUT2D eigenvalue weighted by molar-refractivity contribution is 8.26. The maximum absolute atomic E-state index is 12.7. The number of fused-ring (bicyclic) bond motifs is 1. The number of hydrazine groups is 1. The van der Waals surface area contributed by atoms with Crippen molar-refractivity contribution in [3.63, 3.8) is 0 Å². The molecule has 0 aromatic heterocycles. The van der Waals surface area contributed by atoms with Gasteiger partial charge in [-0.25, -0.2) is 12.7 Å². The Hall–Kier alpha value is -3.22. The van der Waals surface area contributed by atoms with E-state index in [9.17, 15) is 22.8 Å². The Morgan fingerprint density at radius 3 is 2.47 bits per heavy atom. The van der Waals surface area contributed by atoms with Gasteiger partial charge in [-0.3, -0.25) is 19.8 Å². The number of carbonyl (C=O) groups is 3. The molecule has 0 radical (unpaired) electrons. The molecule has 32 heavy (non-hydrogen) atoms. The van der Waals surface area contributed by atoms with Crippen LogP contribution in [-0.2, 0) is 19.6 Å². The molecule has 2 aromatic rings. The summed E-state index contributed by atoms with van der Waals surface area (Å²) in [6.07, 6.45) is 1.61. The van der Waals surface area contributed by atoms with Gasteiger partial charge < -0.3 is 4.74 Å². The molecule has 1 N–H and O–H groups in total. The standard InChI is InChI=1S/C20H15N3O6S3/c1-29-13-8-6-12(7-9-13)10-15-19(26)23(20(30)31-15)21-17(24)11-22-18(25)14-4-2-3-5-16(14)32(22,27)28/h2-10H,11H2,1H3,(H,21,24)/b15-10-. The minimum Gasteiger partial charge on any atom is -0.497 e. The number of amides is 3. The van der Waals surface area contributed by atoms with Gasteiger partial charge in [-0.15, -0.1) is 0 Å². The van der Waals surface area contributed by atoms with Crippen molar-refractivity contribution < 1.29 is 27.5 Å². The molecule has 0 unspecified atom stereocenters. The van der Waals surface area contributed by atoms with Crippen molar-refractivity contribution in [3.05, 3.63) is 64.6 Å². The second-order valence-corrected chi connectivity index (χ2v) is 10.1. The fraction of sp³-hybridized carbons (Fsp3) is 0.100. The number of thioether (sulfide) groups is 1. The van der Waals surface area contributed by atoms with Crippen molar-refractivity contribution in [1.29, 1.82) is 0 Å². The van der Waals surface area contributed by atoms with Crippen LogP contribution in [0.15, 0.2) is 58.3 Å². The van der Waals surface area contributed by atoms with E-state index in [-0.39, 0.29) is 19.7 Å². The van der Waals surface area contributed by atoms with Crippen molar-refractivity contribution in [3.8, 4) is 5.75 Å². The van der Waals surface area contributed by atoms with Crippen LogP contribution in [0.2, 0.25) is 0 Å². The largest absolute Gasteiger partial charge is 0.497 e. The molecule has 0 saturated carbocycles. The molecule has 4 rings (SSSR count). The van der Waals surface area contributed by atoms with Crippen molar-refractivity contribution in [2.75, 3.05) is 13.7 Å². The Balaban J connectivity index is 1.47. The van der Waals surface area contributed by atoms with E-state index >= 15 is 0 Å². The van der Waals surface area contributed by atoms with Crippen molar-refractivity contribution in [1.82, 2.24) is 14.7 Å². The van der Waals surface area contributed by atoms with Crippen molar-refractivity contribution in [2.24, 2.45) is 0 Å². The maximum Gasteiger partial charge on any atom is 0.285 e. The van der Waals surface area contributed by atoms with Crippen LogP contribution in [0.5, 0.6) is 5.75 Å². The smallest absolute Gasteiger partial charge is 0.285 e. The van der Waals surface area contributed by atoms with Crippen LogP contribution >= 0.6 is 24.0 Å². The summed E-state index contributed by atoms with van der Waals surface area (Å²) in [4.78, 5) is 37.8. The predicted molar refractivity (Wildman–Crippen MR) is 121 cm³/mol. The lowest BCUT2D eigenvalue weighted by Crippen LogP contribution is -2.49. The molecule has 0 atom stereocenters. The molecular weight excluding hydrogens is 474 g/mol. The van der Waals surface area contributed by atoms with Crippen LogP contribution in [0.1, 0.15) is 15.9 Å². The van der Waals surface area contributed by atoms with Gasteiger partial charge >= 0.3 is 0 Å². The van der Waals surface area contributed by atoms with Gasteiger partial charge in [0.25, 0.3) is 27.7 Å². The number of hydrogen-bond acceptors (Lipinski definition) is 8. The van der Waals surface area contributed by atoms with Gasteiger partial charge in [0, 0.05) is 0 Å². The van der Waals surface area contributed by atoms with Crippen molar-refractivity contribution >= 4 is 62.1 Å². The number of methoxy groups -OCH3 is 1. The highest BCUT2D eigenvalue weighted by Crippen LogP contribution is 2.32. The molecule has 0 aliphatic carbocycles. The molecule has 164 valence electrons. The number of rotatable bonds is 5. The molecular formula is C20H15N3O6S3. The van der Waals surface area contributed by atoms with E-state index in [1.54, 1.807) is 37.5 Å². The first-order chi connectivity index (χ1) is 15.2. The minimum absolute atomic E-state index is 0.00617. The predicted octanol–water partition coefficient (Wildman–Crippen LogP) is 1.77. The normalized spacial score (nSPS) is 18.3. The molecule has 1 fully saturated rings. The summed E-state index contributed by atoms with van der Waals surface area (Å²) in [5.74, 6) is -1.59. The third-order valence-electron chi connectivity index (χ3n) is 4.64. The molecule has 0 bridgehead atoms. The number of benzene rings is 2. The fourth-order valence-electron chi connectivity index (χ4n) is 3.09. The molecule has 2 heterocycles. The summed E-state index contributed by atoms with van der Waals surface area (Å²) < 4.78 is 30.8. The summed E-state index contributed by atoms with van der Waals surface area (Å²) in [7, 11) is -2.60. The van der Waals surface area contributed by atoms with Gasteiger partial charge in [-0.1, -0.05) is 36.0 Å². The van der Waals surface area contributed by atoms with E-state index in [4.69, 9.17) is 17.0 Å². The average molecular weight is 490 g/mol. The van der Waals surface area contributed by atoms with E-state index < -0.39 is 34.3 Å². The molecule has 1 saturated heterocycles. The Labute approximate surface area is 193 Å². The number of hydrogen-bond donors (Lipinski definition) is 1. The number of carbonyl (C=O) groups excluding carboxylic acids is 3. The van der Waals surface area contributed by atoms with Crippen LogP contribution in [0.3, 0.4) is 0 Å². The lowest BCUT2D eigenvalue weighted by Gasteiger charge is -2.19. The van der Waals surface area contributed by atoms with E-state index in [1.807, 2.05) is 0 Å². The summed E-state index contributed by atoms with van der Waals surface area (Å²) in [6.45, 7) is -0.787. The molecule has 12 heteroatoms. The first-order valence-corrected chi connectivity index (χ1v) is 11.8. The summed E-state index contributed by atoms with van der Waals surface area (Å²) in [5, 5.41) is 0.859. The number of nitrogens with one attached hydrogen (secondary N) is 1. The third kappa shape index (κ3) is 3.87. The van der Waals surface area contributed by atoms with E-state index in [0.717, 1.165) is 22.3 Å². The van der Waals surface area contributed by atoms with Crippen molar-refractivity contribution in [2.45, 2.75) is 4.90 Å². The summed E-state index contributed by atoms with van der Waals surface area (Å²) >= 11 is 6.16. The maximum atomic E-state index is 12.7. The Morgan fingerprint density at radius 1 is 1.12 bits per heavy atom. The highest BCUT2D eigenvalue weighted by atomic mass is 32.2. The second-order valence-electron chi connectivity index (χ2n) is 6.64. The molecule has 2 aliphatic rings. The molecule has 2 aliphatic heterocycles. The van der Waals surface area contributed by atoms with Crippen LogP contribution in [0, 0.1) is 0 Å². The van der Waals surface area contributed by atoms with Gasteiger partial charge in [0.05, 0.1) is 17.6 Å². The molecule has 0 spiro atoms. The molecule has 3 amide bonds. The van der Waals surface area contributed by atoms with Gasteiger partial charge in [-0.05, 0) is 48.1 Å². The first-order valence-electron chi connectivity index (χ1n) is 9.10. The Morgan fingerprint density at radius 2 is 1.81 bits per heavy atom. The second kappa shape index (κ2) is 8.37. The summed E-state index contributed by atoms with van der Waals surface area (Å²) in [6, 6.07) is 12.7. The van der Waals surface area contributed by atoms with Crippen LogP contribution in [-0.4, -0.2) is 53.4 Å². The zero-order valence-corrected chi connectivity index (χ0v) is 18.9. The van der Waals surface area contributed by atoms with Gasteiger partial charge in [-0.2, -0.15) is 5.01 Å². The van der Waals surface area contributed by atoms with Gasteiger partial charge in [0.1, 0.15) is 17.2 Å². The number of ether oxygens (including phenoxy) is 1. The third-order valence-corrected chi connectivity index (χ3v) is 7.73. The average Bonchev–Trinajstić information content (AvgIpc) is 3.14. The lowest BCUT2D eigenvalue weighted by atomic mass is 10.2. The Bertz CT molecular complexity index is 1290. The topological polar surface area (TPSA) is 113 Å². The SMILES string of the molecule is COc1ccc(/C=C2\SC(=S)N(NC(=O)CN3C(=O)c4ccccc4S3(=O)=O)C2=O)cc1. The minimum atomic E-state index is -4.15. The first kappa shape index (κ1) is 22.0. The highest BCUT2D eigenvalue weighted by Gasteiger charge is 2.42. The van der Waals surface area contributed by atoms with Crippen LogP contribution in [0.25, 0.3) is 6.08 Å². The van der Waals surface area contributed by atoms with E-state index in [0.29, 0.717) is 10.1 Å². The lowest BCUT2D eigenvalue weighted by molar-refractivity contribution is -0.133. The molecule has 9 nitrogen and oxygen atoms in total. The Kier molecular flexibility index (Phi) is 5.75. The van der Waals surface area contributed by atoms with E-state index in [1.165, 1.54) is 24.3 Å². The quantitative estimate of drug-likeness (QED) is 0.500. The van der Waals surface area contributed by atoms with E-state index in [2.05, 4.69) is 5.43 Å². The zero-order valence-electron chi connectivity index (χ0n) is 16.5. The molecule has 2 aromatic carbocycles. The monoisotopic (exact) mass is 489 g/mol. The fourth-order valence-corrected chi connectivity index (χ4v) is 5.80. The van der Waals surface area contributed by atoms with Crippen LogP contribution in [0.4, 0.5) is 0 Å².